The molecule has 0 radical (unpaired) electrons. The molecular weight excluding hydrogens is 611 g/mol. The Morgan fingerprint density at radius 1 is 0.342 bits per heavy atom. The van der Waals surface area contributed by atoms with Crippen LogP contribution in [0.3, 0.4) is 0 Å². The molecule has 226 valence electrons. The second-order valence-corrected chi connectivity index (χ2v) is 8.95. The first-order valence-corrected chi connectivity index (χ1v) is 15.2. The van der Waals surface area contributed by atoms with E-state index in [1.54, 1.807) is 0 Å². The lowest BCUT2D eigenvalue weighted by Gasteiger charge is -2.09. The predicted octanol–water partition coefficient (Wildman–Crippen LogP) is 2.78. The first kappa shape index (κ1) is 37.9. The van der Waals surface area contributed by atoms with Crippen molar-refractivity contribution in [1.29, 1.82) is 0 Å². The van der Waals surface area contributed by atoms with E-state index in [1.807, 2.05) is 0 Å². The standard InChI is InChI=1S/C27H51IO10/c1-2-8-29-10-12-31-14-16-33-18-20-35-22-24-37-26-27-38-25-23-36-21-19-34-17-15-32-13-11-30-9-6-4-3-5-7-28/h1H,3-27H2. The van der Waals surface area contributed by atoms with Gasteiger partial charge >= 0.3 is 0 Å². The average Bonchev–Trinajstić information content (AvgIpc) is 2.93. The van der Waals surface area contributed by atoms with Crippen LogP contribution in [0.4, 0.5) is 0 Å². The van der Waals surface area contributed by atoms with E-state index in [-0.39, 0.29) is 0 Å². The number of hydrogen-bond donors (Lipinski definition) is 0. The molecule has 0 amide bonds. The van der Waals surface area contributed by atoms with Crippen molar-refractivity contribution in [3.05, 3.63) is 0 Å². The highest BCUT2D eigenvalue weighted by Crippen LogP contribution is 2.02. The quantitative estimate of drug-likeness (QED) is 0.0444. The summed E-state index contributed by atoms with van der Waals surface area (Å²) in [5, 5.41) is 0. The van der Waals surface area contributed by atoms with Gasteiger partial charge in [0.05, 0.1) is 119 Å². The fraction of sp³-hybridized carbons (Fsp3) is 0.926. The van der Waals surface area contributed by atoms with Crippen molar-refractivity contribution >= 4 is 22.6 Å². The van der Waals surface area contributed by atoms with Crippen LogP contribution in [-0.2, 0) is 47.4 Å². The SMILES string of the molecule is C#CCOCCOCCOCCOCCOCCOCCOCCOCCOCCOCCCCCCI. The Morgan fingerprint density at radius 2 is 0.605 bits per heavy atom. The molecule has 0 rings (SSSR count). The van der Waals surface area contributed by atoms with Crippen LogP contribution in [0, 0.1) is 12.3 Å². The Morgan fingerprint density at radius 3 is 0.895 bits per heavy atom. The number of rotatable bonds is 34. The molecule has 0 spiro atoms. The summed E-state index contributed by atoms with van der Waals surface area (Å²) >= 11 is 2.42. The van der Waals surface area contributed by atoms with Crippen molar-refractivity contribution in [2.75, 3.05) is 137 Å². The minimum atomic E-state index is 0.313. The summed E-state index contributed by atoms with van der Waals surface area (Å²) in [4.78, 5) is 0. The molecule has 11 heteroatoms. The smallest absolute Gasteiger partial charge is 0.107 e. The van der Waals surface area contributed by atoms with Crippen molar-refractivity contribution in [2.45, 2.75) is 25.7 Å². The fourth-order valence-electron chi connectivity index (χ4n) is 2.76. The van der Waals surface area contributed by atoms with Gasteiger partial charge in [-0.05, 0) is 17.3 Å². The van der Waals surface area contributed by atoms with E-state index in [0.717, 1.165) is 13.0 Å². The maximum Gasteiger partial charge on any atom is 0.107 e. The first-order valence-electron chi connectivity index (χ1n) is 13.7. The fourth-order valence-corrected chi connectivity index (χ4v) is 3.30. The third-order valence-corrected chi connectivity index (χ3v) is 5.47. The van der Waals surface area contributed by atoms with Crippen molar-refractivity contribution < 1.29 is 47.4 Å². The van der Waals surface area contributed by atoms with Gasteiger partial charge in [-0.25, -0.2) is 0 Å². The summed E-state index contributed by atoms with van der Waals surface area (Å²) in [6, 6.07) is 0. The molecule has 0 aromatic heterocycles. The lowest BCUT2D eigenvalue weighted by Crippen LogP contribution is -2.15. The number of unbranched alkanes of at least 4 members (excludes halogenated alkanes) is 3. The Bertz CT molecular complexity index is 468. The normalized spacial score (nSPS) is 11.3. The van der Waals surface area contributed by atoms with E-state index in [4.69, 9.17) is 53.8 Å². The molecule has 0 aliphatic rings. The molecule has 0 N–H and O–H groups in total. The molecule has 0 fully saturated rings. The van der Waals surface area contributed by atoms with Crippen LogP contribution in [-0.4, -0.2) is 137 Å². The van der Waals surface area contributed by atoms with E-state index in [1.165, 1.54) is 23.7 Å². The zero-order valence-electron chi connectivity index (χ0n) is 23.2. The van der Waals surface area contributed by atoms with Gasteiger partial charge in [0, 0.05) is 6.61 Å². The van der Waals surface area contributed by atoms with E-state index in [0.29, 0.717) is 126 Å². The van der Waals surface area contributed by atoms with E-state index < -0.39 is 0 Å². The number of halogens is 1. The van der Waals surface area contributed by atoms with Gasteiger partial charge in [0.1, 0.15) is 6.61 Å². The molecule has 0 heterocycles. The third kappa shape index (κ3) is 35.9. The number of terminal acetylenes is 1. The van der Waals surface area contributed by atoms with E-state index in [9.17, 15) is 0 Å². The van der Waals surface area contributed by atoms with Crippen molar-refractivity contribution in [1.82, 2.24) is 0 Å². The van der Waals surface area contributed by atoms with Gasteiger partial charge < -0.3 is 47.4 Å². The lowest BCUT2D eigenvalue weighted by molar-refractivity contribution is -0.0261. The highest BCUT2D eigenvalue weighted by Gasteiger charge is 1.96. The Hall–Kier alpha value is -0.110. The summed E-state index contributed by atoms with van der Waals surface area (Å²) in [5.74, 6) is 2.40. The van der Waals surface area contributed by atoms with Crippen LogP contribution in [0.15, 0.2) is 0 Å². The van der Waals surface area contributed by atoms with Gasteiger partial charge in [0.15, 0.2) is 0 Å². The monoisotopic (exact) mass is 662 g/mol. The number of hydrogen-bond acceptors (Lipinski definition) is 10. The van der Waals surface area contributed by atoms with Crippen LogP contribution in [0.2, 0.25) is 0 Å². The maximum absolute atomic E-state index is 5.55. The Balaban J connectivity index is 3.01. The van der Waals surface area contributed by atoms with Crippen molar-refractivity contribution in [3.8, 4) is 12.3 Å². The molecule has 0 aliphatic heterocycles. The van der Waals surface area contributed by atoms with Crippen molar-refractivity contribution in [2.24, 2.45) is 0 Å². The van der Waals surface area contributed by atoms with Gasteiger partial charge in [-0.1, -0.05) is 41.4 Å². The molecule has 0 aliphatic carbocycles. The largest absolute Gasteiger partial charge is 0.379 e. The molecular formula is C27H51IO10. The minimum absolute atomic E-state index is 0.313. The third-order valence-electron chi connectivity index (χ3n) is 4.71. The predicted molar refractivity (Wildman–Crippen MR) is 154 cm³/mol. The topological polar surface area (TPSA) is 92.3 Å². The number of ether oxygens (including phenoxy) is 10. The van der Waals surface area contributed by atoms with Gasteiger partial charge in [-0.15, -0.1) is 6.42 Å². The highest BCUT2D eigenvalue weighted by atomic mass is 127. The molecule has 38 heavy (non-hydrogen) atoms. The Kier molecular flexibility index (Phi) is 36.8. The minimum Gasteiger partial charge on any atom is -0.379 e. The van der Waals surface area contributed by atoms with Crippen LogP contribution < -0.4 is 0 Å². The molecule has 0 atom stereocenters. The summed E-state index contributed by atoms with van der Waals surface area (Å²) in [5.41, 5.74) is 0. The summed E-state index contributed by atoms with van der Waals surface area (Å²) in [6.45, 7) is 10.8. The average molecular weight is 663 g/mol. The van der Waals surface area contributed by atoms with Gasteiger partial charge in [0.2, 0.25) is 0 Å². The van der Waals surface area contributed by atoms with Gasteiger partial charge in [-0.2, -0.15) is 0 Å². The van der Waals surface area contributed by atoms with Gasteiger partial charge in [-0.3, -0.25) is 0 Å². The van der Waals surface area contributed by atoms with Crippen LogP contribution in [0.1, 0.15) is 25.7 Å². The lowest BCUT2D eigenvalue weighted by atomic mass is 10.2. The summed E-state index contributed by atoms with van der Waals surface area (Å²) in [6.07, 6.45) is 10.1. The van der Waals surface area contributed by atoms with Crippen LogP contribution >= 0.6 is 22.6 Å². The maximum atomic E-state index is 5.55. The van der Waals surface area contributed by atoms with E-state index in [2.05, 4.69) is 28.5 Å². The molecule has 0 aromatic rings. The molecule has 0 bridgehead atoms. The second kappa shape index (κ2) is 36.9. The second-order valence-electron chi connectivity index (χ2n) is 7.87. The number of alkyl halides is 1. The van der Waals surface area contributed by atoms with Crippen LogP contribution in [0.25, 0.3) is 0 Å². The van der Waals surface area contributed by atoms with Crippen molar-refractivity contribution in [3.63, 3.8) is 0 Å². The summed E-state index contributed by atoms with van der Waals surface area (Å²) in [7, 11) is 0. The first-order chi connectivity index (χ1) is 18.9. The van der Waals surface area contributed by atoms with Crippen LogP contribution in [0.5, 0.6) is 0 Å². The Labute approximate surface area is 244 Å². The molecule has 0 saturated carbocycles. The zero-order chi connectivity index (χ0) is 27.5. The molecule has 0 aromatic carbocycles. The van der Waals surface area contributed by atoms with E-state index >= 15 is 0 Å². The molecule has 0 saturated heterocycles. The zero-order valence-corrected chi connectivity index (χ0v) is 25.4. The van der Waals surface area contributed by atoms with Gasteiger partial charge in [0.25, 0.3) is 0 Å². The molecule has 10 nitrogen and oxygen atoms in total. The highest BCUT2D eigenvalue weighted by molar-refractivity contribution is 14.1. The molecule has 0 unspecified atom stereocenters. The summed E-state index contributed by atoms with van der Waals surface area (Å²) < 4.78 is 55.4.